The fourth-order valence-corrected chi connectivity index (χ4v) is 4.37. The number of hydrogen-bond donors (Lipinski definition) is 2. The van der Waals surface area contributed by atoms with Crippen molar-refractivity contribution in [3.8, 4) is 0 Å². The summed E-state index contributed by atoms with van der Waals surface area (Å²) < 4.78 is 10.9. The van der Waals surface area contributed by atoms with Crippen molar-refractivity contribution in [2.24, 2.45) is 11.1 Å². The second-order valence-corrected chi connectivity index (χ2v) is 8.05. The quantitative estimate of drug-likeness (QED) is 0.760. The van der Waals surface area contributed by atoms with Crippen molar-refractivity contribution in [2.75, 3.05) is 11.9 Å². The fraction of sp³-hybridized carbons (Fsp3) is 0.381. The molecule has 2 aliphatic heterocycles. The Morgan fingerprint density at radius 2 is 1.96 bits per heavy atom. The summed E-state index contributed by atoms with van der Waals surface area (Å²) in [6.45, 7) is 5.69. The van der Waals surface area contributed by atoms with E-state index in [1.807, 2.05) is 13.8 Å². The number of amides is 1. The van der Waals surface area contributed by atoms with Crippen LogP contribution in [0.25, 0.3) is 0 Å². The van der Waals surface area contributed by atoms with Crippen LogP contribution in [-0.4, -0.2) is 24.3 Å². The average Bonchev–Trinajstić information content (AvgIpc) is 2.90. The van der Waals surface area contributed by atoms with Gasteiger partial charge in [0.25, 0.3) is 0 Å². The van der Waals surface area contributed by atoms with Gasteiger partial charge in [-0.2, -0.15) is 0 Å². The number of carbonyl (C=O) groups excluding carboxylic acids is 3. The topological polar surface area (TPSA) is 108 Å². The minimum absolute atomic E-state index is 0.111. The third-order valence-electron chi connectivity index (χ3n) is 5.47. The van der Waals surface area contributed by atoms with E-state index in [1.54, 1.807) is 31.2 Å². The van der Waals surface area contributed by atoms with E-state index in [2.05, 4.69) is 5.32 Å². The molecule has 1 aromatic rings. The molecule has 146 valence electrons. The SMILES string of the molecule is CCOC(=O)C1=C(N)[C@]2(C(=O)Nc3ccccc32)C2=C(CC(C)(C)CC2=O)O1. The number of benzene rings is 1. The second-order valence-electron chi connectivity index (χ2n) is 8.05. The summed E-state index contributed by atoms with van der Waals surface area (Å²) in [7, 11) is 0. The van der Waals surface area contributed by atoms with Gasteiger partial charge < -0.3 is 20.5 Å². The van der Waals surface area contributed by atoms with Gasteiger partial charge in [0.05, 0.1) is 17.9 Å². The van der Waals surface area contributed by atoms with E-state index in [0.717, 1.165) is 0 Å². The molecule has 4 rings (SSSR count). The molecule has 0 radical (unpaired) electrons. The van der Waals surface area contributed by atoms with Crippen molar-refractivity contribution >= 4 is 23.3 Å². The average molecular weight is 382 g/mol. The highest BCUT2D eigenvalue weighted by atomic mass is 16.6. The minimum atomic E-state index is -1.58. The maximum absolute atomic E-state index is 13.3. The lowest BCUT2D eigenvalue weighted by Gasteiger charge is -2.41. The molecule has 1 atom stereocenters. The number of rotatable bonds is 2. The van der Waals surface area contributed by atoms with E-state index in [0.29, 0.717) is 23.4 Å². The first-order chi connectivity index (χ1) is 13.2. The zero-order valence-electron chi connectivity index (χ0n) is 16.0. The van der Waals surface area contributed by atoms with E-state index >= 15 is 0 Å². The van der Waals surface area contributed by atoms with E-state index < -0.39 is 17.3 Å². The minimum Gasteiger partial charge on any atom is -0.460 e. The molecule has 3 aliphatic rings. The van der Waals surface area contributed by atoms with Crippen LogP contribution in [0.4, 0.5) is 5.69 Å². The highest BCUT2D eigenvalue weighted by molar-refractivity contribution is 6.19. The van der Waals surface area contributed by atoms with E-state index in [9.17, 15) is 14.4 Å². The van der Waals surface area contributed by atoms with Crippen LogP contribution in [0.3, 0.4) is 0 Å². The molecule has 1 spiro atoms. The Hall–Kier alpha value is -3.09. The van der Waals surface area contributed by atoms with Crippen LogP contribution < -0.4 is 11.1 Å². The van der Waals surface area contributed by atoms with Crippen LogP contribution in [0.15, 0.2) is 47.1 Å². The Balaban J connectivity index is 2.03. The Bertz CT molecular complexity index is 988. The number of ether oxygens (including phenoxy) is 2. The predicted molar refractivity (Wildman–Crippen MR) is 101 cm³/mol. The number of carbonyl (C=O) groups is 3. The molecule has 7 nitrogen and oxygen atoms in total. The number of anilines is 1. The summed E-state index contributed by atoms with van der Waals surface area (Å²) in [5.74, 6) is -1.33. The van der Waals surface area contributed by atoms with Gasteiger partial charge in [0.2, 0.25) is 11.7 Å². The first-order valence-corrected chi connectivity index (χ1v) is 9.25. The lowest BCUT2D eigenvalue weighted by molar-refractivity contribution is -0.143. The Labute approximate surface area is 162 Å². The lowest BCUT2D eigenvalue weighted by Crippen LogP contribution is -2.50. The molecular weight excluding hydrogens is 360 g/mol. The molecule has 1 aliphatic carbocycles. The van der Waals surface area contributed by atoms with Crippen LogP contribution in [0.5, 0.6) is 0 Å². The molecule has 1 aromatic carbocycles. The molecule has 0 aromatic heterocycles. The molecule has 0 fully saturated rings. The summed E-state index contributed by atoms with van der Waals surface area (Å²) in [6, 6.07) is 7.04. The van der Waals surface area contributed by atoms with Crippen LogP contribution in [0.2, 0.25) is 0 Å². The number of para-hydroxylation sites is 1. The molecule has 2 heterocycles. The van der Waals surface area contributed by atoms with Crippen molar-refractivity contribution in [3.63, 3.8) is 0 Å². The fourth-order valence-electron chi connectivity index (χ4n) is 4.37. The largest absolute Gasteiger partial charge is 0.460 e. The Morgan fingerprint density at radius 3 is 2.68 bits per heavy atom. The number of fused-ring (bicyclic) bond motifs is 3. The van der Waals surface area contributed by atoms with Gasteiger partial charge >= 0.3 is 5.97 Å². The second kappa shape index (κ2) is 5.95. The third kappa shape index (κ3) is 2.32. The van der Waals surface area contributed by atoms with Crippen molar-refractivity contribution in [3.05, 3.63) is 52.6 Å². The number of esters is 1. The molecule has 0 unspecified atom stereocenters. The standard InChI is InChI=1S/C21H22N2O5/c1-4-27-18(25)16-17(22)21(11-7-5-6-8-12(11)23-19(21)26)15-13(24)9-20(2,3)10-14(15)28-16/h5-8H,4,9-10,22H2,1-3H3,(H,23,26)/t21-/m1/s1. The number of nitrogens with one attached hydrogen (secondary N) is 1. The van der Waals surface area contributed by atoms with Gasteiger partial charge in [0, 0.05) is 24.1 Å². The molecule has 0 saturated heterocycles. The summed E-state index contributed by atoms with van der Waals surface area (Å²) in [6.07, 6.45) is 0.663. The lowest BCUT2D eigenvalue weighted by atomic mass is 9.63. The third-order valence-corrected chi connectivity index (χ3v) is 5.47. The number of Topliss-reactive ketones (excluding diaryl/α,β-unsaturated/α-hetero) is 1. The maximum atomic E-state index is 13.3. The van der Waals surface area contributed by atoms with Crippen LogP contribution in [0, 0.1) is 5.41 Å². The summed E-state index contributed by atoms with van der Waals surface area (Å²) in [5, 5.41) is 2.81. The molecular formula is C21H22N2O5. The summed E-state index contributed by atoms with van der Waals surface area (Å²) >= 11 is 0. The molecule has 28 heavy (non-hydrogen) atoms. The molecule has 0 bridgehead atoms. The van der Waals surface area contributed by atoms with Gasteiger partial charge in [0.15, 0.2) is 11.2 Å². The van der Waals surface area contributed by atoms with Gasteiger partial charge in [-0.05, 0) is 18.4 Å². The Kier molecular flexibility index (Phi) is 3.89. The zero-order valence-corrected chi connectivity index (χ0v) is 16.0. The predicted octanol–water partition coefficient (Wildman–Crippen LogP) is 2.28. The normalized spacial score (nSPS) is 25.2. The maximum Gasteiger partial charge on any atom is 0.376 e. The summed E-state index contributed by atoms with van der Waals surface area (Å²) in [5.41, 5.74) is 5.67. The van der Waals surface area contributed by atoms with Crippen LogP contribution in [0.1, 0.15) is 39.2 Å². The van der Waals surface area contributed by atoms with Crippen molar-refractivity contribution < 1.29 is 23.9 Å². The van der Waals surface area contributed by atoms with Gasteiger partial charge in [0.1, 0.15) is 5.76 Å². The number of allylic oxidation sites excluding steroid dienone is 1. The van der Waals surface area contributed by atoms with Crippen molar-refractivity contribution in [1.29, 1.82) is 0 Å². The van der Waals surface area contributed by atoms with Gasteiger partial charge in [-0.3, -0.25) is 9.59 Å². The zero-order chi connectivity index (χ0) is 20.3. The number of ketones is 1. The number of hydrogen-bond acceptors (Lipinski definition) is 6. The van der Waals surface area contributed by atoms with Gasteiger partial charge in [-0.15, -0.1) is 0 Å². The van der Waals surface area contributed by atoms with Crippen molar-refractivity contribution in [2.45, 2.75) is 39.0 Å². The first-order valence-electron chi connectivity index (χ1n) is 9.25. The summed E-state index contributed by atoms with van der Waals surface area (Å²) in [4.78, 5) is 39.0. The van der Waals surface area contributed by atoms with Crippen LogP contribution >= 0.6 is 0 Å². The number of nitrogens with two attached hydrogens (primary N) is 1. The van der Waals surface area contributed by atoms with E-state index in [4.69, 9.17) is 15.2 Å². The molecule has 0 saturated carbocycles. The van der Waals surface area contributed by atoms with Gasteiger partial charge in [-0.1, -0.05) is 32.0 Å². The monoisotopic (exact) mass is 382 g/mol. The van der Waals surface area contributed by atoms with Crippen LogP contribution in [-0.2, 0) is 29.3 Å². The first kappa shape index (κ1) is 18.3. The Morgan fingerprint density at radius 1 is 1.25 bits per heavy atom. The van der Waals surface area contributed by atoms with E-state index in [-0.39, 0.29) is 41.3 Å². The van der Waals surface area contributed by atoms with Gasteiger partial charge in [-0.25, -0.2) is 4.79 Å². The highest BCUT2D eigenvalue weighted by Crippen LogP contribution is 2.55. The van der Waals surface area contributed by atoms with E-state index in [1.165, 1.54) is 0 Å². The highest BCUT2D eigenvalue weighted by Gasteiger charge is 2.60. The van der Waals surface area contributed by atoms with Crippen molar-refractivity contribution in [1.82, 2.24) is 0 Å². The molecule has 7 heteroatoms. The smallest absolute Gasteiger partial charge is 0.376 e. The molecule has 1 amide bonds. The molecule has 3 N–H and O–H groups in total.